The van der Waals surface area contributed by atoms with E-state index < -0.39 is 0 Å². The minimum atomic E-state index is -0.208. The van der Waals surface area contributed by atoms with Gasteiger partial charge in [0.15, 0.2) is 0 Å². The quantitative estimate of drug-likeness (QED) is 0.494. The first-order valence-corrected chi connectivity index (χ1v) is 8.44. The highest BCUT2D eigenvalue weighted by molar-refractivity contribution is 9.10. The molecule has 0 heterocycles. The molecule has 2 aromatic rings. The maximum absolute atomic E-state index is 14.0. The number of benzene rings is 2. The van der Waals surface area contributed by atoms with Crippen LogP contribution < -0.4 is 5.32 Å². The predicted octanol–water partition coefficient (Wildman–Crippen LogP) is 6.04. The molecule has 0 radical (unpaired) electrons. The van der Waals surface area contributed by atoms with E-state index in [-0.39, 0.29) is 11.9 Å². The Morgan fingerprint density at radius 2 is 2.10 bits per heavy atom. The van der Waals surface area contributed by atoms with E-state index in [1.54, 1.807) is 17.8 Å². The molecular formula is C17H17BrFNS. The second kappa shape index (κ2) is 7.66. The first kappa shape index (κ1) is 16.1. The molecule has 0 bridgehead atoms. The van der Waals surface area contributed by atoms with Gasteiger partial charge >= 0.3 is 0 Å². The average molecular weight is 366 g/mol. The highest BCUT2D eigenvalue weighted by Gasteiger charge is 2.12. The number of anilines is 1. The Labute approximate surface area is 137 Å². The fourth-order valence-electron chi connectivity index (χ4n) is 2.02. The third-order valence-electron chi connectivity index (χ3n) is 3.04. The van der Waals surface area contributed by atoms with Gasteiger partial charge in [0.1, 0.15) is 5.82 Å². The van der Waals surface area contributed by atoms with E-state index in [0.29, 0.717) is 5.56 Å². The van der Waals surface area contributed by atoms with Gasteiger partial charge < -0.3 is 5.32 Å². The van der Waals surface area contributed by atoms with Crippen molar-refractivity contribution >= 4 is 33.4 Å². The van der Waals surface area contributed by atoms with Crippen LogP contribution in [0.3, 0.4) is 0 Å². The minimum absolute atomic E-state index is 0.108. The summed E-state index contributed by atoms with van der Waals surface area (Å²) in [5.41, 5.74) is 1.67. The lowest BCUT2D eigenvalue weighted by Crippen LogP contribution is -2.09. The van der Waals surface area contributed by atoms with E-state index in [4.69, 9.17) is 0 Å². The largest absolute Gasteiger partial charge is 0.378 e. The van der Waals surface area contributed by atoms with E-state index in [1.165, 1.54) is 6.07 Å². The maximum Gasteiger partial charge on any atom is 0.129 e. The summed E-state index contributed by atoms with van der Waals surface area (Å²) in [6, 6.07) is 13.1. The zero-order valence-electron chi connectivity index (χ0n) is 11.8. The van der Waals surface area contributed by atoms with E-state index in [0.717, 1.165) is 20.8 Å². The Bertz CT molecular complexity index is 630. The van der Waals surface area contributed by atoms with Gasteiger partial charge in [-0.05, 0) is 31.2 Å². The monoisotopic (exact) mass is 365 g/mol. The van der Waals surface area contributed by atoms with Gasteiger partial charge in [-0.3, -0.25) is 0 Å². The zero-order valence-corrected chi connectivity index (χ0v) is 14.2. The van der Waals surface area contributed by atoms with Crippen LogP contribution in [0, 0.1) is 5.82 Å². The number of para-hydroxylation sites is 1. The summed E-state index contributed by atoms with van der Waals surface area (Å²) in [6.07, 6.45) is 1.87. The molecule has 1 unspecified atom stereocenters. The van der Waals surface area contributed by atoms with Crippen molar-refractivity contribution in [2.45, 2.75) is 17.9 Å². The Morgan fingerprint density at radius 1 is 1.33 bits per heavy atom. The molecular weight excluding hydrogens is 349 g/mol. The first-order valence-electron chi connectivity index (χ1n) is 6.66. The second-order valence-corrected chi connectivity index (χ2v) is 6.61. The summed E-state index contributed by atoms with van der Waals surface area (Å²) in [5, 5.41) is 3.39. The van der Waals surface area contributed by atoms with Crippen LogP contribution in [0.15, 0.2) is 64.5 Å². The van der Waals surface area contributed by atoms with Gasteiger partial charge in [-0.15, -0.1) is 18.3 Å². The molecule has 0 saturated carbocycles. The molecule has 0 aromatic heterocycles. The molecule has 2 rings (SSSR count). The van der Waals surface area contributed by atoms with Gasteiger partial charge in [0.05, 0.1) is 6.04 Å². The Balaban J connectivity index is 2.19. The molecule has 1 atom stereocenters. The zero-order chi connectivity index (χ0) is 15.2. The van der Waals surface area contributed by atoms with E-state index >= 15 is 0 Å². The molecule has 4 heteroatoms. The van der Waals surface area contributed by atoms with Crippen molar-refractivity contribution in [1.82, 2.24) is 0 Å². The molecule has 21 heavy (non-hydrogen) atoms. The third kappa shape index (κ3) is 4.35. The molecule has 0 amide bonds. The Hall–Kier alpha value is -1.26. The average Bonchev–Trinajstić information content (AvgIpc) is 2.46. The number of halogens is 2. The number of hydrogen-bond donors (Lipinski definition) is 1. The standard InChI is InChI=1S/C17H17BrFNS/c1-3-10-21-17-7-5-4-6-16(17)20-12(2)14-9-8-13(18)11-15(14)19/h3-9,11-12,20H,1,10H2,2H3. The molecule has 0 aliphatic carbocycles. The van der Waals surface area contributed by atoms with Crippen LogP contribution in [0.4, 0.5) is 10.1 Å². The molecule has 0 fully saturated rings. The minimum Gasteiger partial charge on any atom is -0.378 e. The fourth-order valence-corrected chi connectivity index (χ4v) is 3.11. The third-order valence-corrected chi connectivity index (χ3v) is 4.61. The van der Waals surface area contributed by atoms with Gasteiger partial charge in [-0.1, -0.05) is 40.2 Å². The molecule has 0 spiro atoms. The lowest BCUT2D eigenvalue weighted by Gasteiger charge is -2.19. The van der Waals surface area contributed by atoms with Crippen molar-refractivity contribution in [3.05, 3.63) is 71.0 Å². The second-order valence-electron chi connectivity index (χ2n) is 4.63. The molecule has 0 aliphatic heterocycles. The summed E-state index contributed by atoms with van der Waals surface area (Å²) < 4.78 is 14.8. The Kier molecular flexibility index (Phi) is 5.88. The van der Waals surface area contributed by atoms with Crippen molar-refractivity contribution in [3.8, 4) is 0 Å². The molecule has 110 valence electrons. The van der Waals surface area contributed by atoms with Crippen LogP contribution >= 0.6 is 27.7 Å². The van der Waals surface area contributed by atoms with Crippen LogP contribution in [0.25, 0.3) is 0 Å². The van der Waals surface area contributed by atoms with Crippen LogP contribution in [0.5, 0.6) is 0 Å². The van der Waals surface area contributed by atoms with Crippen molar-refractivity contribution in [1.29, 1.82) is 0 Å². The molecule has 1 N–H and O–H groups in total. The van der Waals surface area contributed by atoms with Gasteiger partial charge in [-0.25, -0.2) is 4.39 Å². The van der Waals surface area contributed by atoms with Crippen molar-refractivity contribution in [3.63, 3.8) is 0 Å². The summed E-state index contributed by atoms with van der Waals surface area (Å²) in [5.74, 6) is 0.639. The van der Waals surface area contributed by atoms with Crippen LogP contribution in [-0.2, 0) is 0 Å². The predicted molar refractivity (Wildman–Crippen MR) is 93.5 cm³/mol. The van der Waals surface area contributed by atoms with Gasteiger partial charge in [0, 0.05) is 26.4 Å². The van der Waals surface area contributed by atoms with Crippen molar-refractivity contribution in [2.75, 3.05) is 11.1 Å². The maximum atomic E-state index is 14.0. The number of rotatable bonds is 6. The molecule has 1 nitrogen and oxygen atoms in total. The number of hydrogen-bond acceptors (Lipinski definition) is 2. The van der Waals surface area contributed by atoms with Crippen molar-refractivity contribution < 1.29 is 4.39 Å². The van der Waals surface area contributed by atoms with Crippen molar-refractivity contribution in [2.24, 2.45) is 0 Å². The van der Waals surface area contributed by atoms with Crippen LogP contribution in [0.2, 0.25) is 0 Å². The van der Waals surface area contributed by atoms with E-state index in [1.807, 2.05) is 37.3 Å². The Morgan fingerprint density at radius 3 is 2.81 bits per heavy atom. The summed E-state index contributed by atoms with van der Waals surface area (Å²) in [4.78, 5) is 1.14. The van der Waals surface area contributed by atoms with Gasteiger partial charge in [0.2, 0.25) is 0 Å². The topological polar surface area (TPSA) is 12.0 Å². The van der Waals surface area contributed by atoms with Gasteiger partial charge in [0.25, 0.3) is 0 Å². The van der Waals surface area contributed by atoms with E-state index in [9.17, 15) is 4.39 Å². The summed E-state index contributed by atoms with van der Waals surface area (Å²) >= 11 is 4.99. The molecule has 0 saturated heterocycles. The lowest BCUT2D eigenvalue weighted by atomic mass is 10.1. The SMILES string of the molecule is C=CCSc1ccccc1NC(C)c1ccc(Br)cc1F. The van der Waals surface area contributed by atoms with E-state index in [2.05, 4.69) is 33.9 Å². The highest BCUT2D eigenvalue weighted by Crippen LogP contribution is 2.31. The number of thioether (sulfide) groups is 1. The molecule has 2 aromatic carbocycles. The lowest BCUT2D eigenvalue weighted by molar-refractivity contribution is 0.599. The highest BCUT2D eigenvalue weighted by atomic mass is 79.9. The summed E-state index contributed by atoms with van der Waals surface area (Å²) in [6.45, 7) is 5.70. The fraction of sp³-hybridized carbons (Fsp3) is 0.176. The smallest absolute Gasteiger partial charge is 0.129 e. The van der Waals surface area contributed by atoms with Crippen LogP contribution in [-0.4, -0.2) is 5.75 Å². The first-order chi connectivity index (χ1) is 10.1. The summed E-state index contributed by atoms with van der Waals surface area (Å²) in [7, 11) is 0. The van der Waals surface area contributed by atoms with Crippen LogP contribution in [0.1, 0.15) is 18.5 Å². The van der Waals surface area contributed by atoms with Gasteiger partial charge in [-0.2, -0.15) is 0 Å². The normalized spacial score (nSPS) is 12.0. The molecule has 0 aliphatic rings. The number of nitrogens with one attached hydrogen (secondary N) is 1.